The molecule has 5 heteroatoms. The zero-order valence-electron chi connectivity index (χ0n) is 10.7. The molecule has 5 nitrogen and oxygen atoms in total. The fourth-order valence-corrected chi connectivity index (χ4v) is 2.66. The van der Waals surface area contributed by atoms with Crippen molar-refractivity contribution in [1.29, 1.82) is 0 Å². The van der Waals surface area contributed by atoms with Gasteiger partial charge in [-0.2, -0.15) is 0 Å². The van der Waals surface area contributed by atoms with Gasteiger partial charge in [0, 0.05) is 6.54 Å². The first-order valence-corrected chi connectivity index (χ1v) is 6.63. The van der Waals surface area contributed by atoms with Crippen molar-refractivity contribution in [1.82, 2.24) is 14.9 Å². The Balaban J connectivity index is 1.96. The quantitative estimate of drug-likeness (QED) is 0.847. The largest absolute Gasteiger partial charge is 0.506 e. The molecule has 1 aliphatic rings. The molecule has 1 unspecified atom stereocenters. The Labute approximate surface area is 110 Å². The van der Waals surface area contributed by atoms with Crippen LogP contribution in [0.3, 0.4) is 0 Å². The fraction of sp³-hybridized carbons (Fsp3) is 0.429. The fourth-order valence-electron chi connectivity index (χ4n) is 2.66. The molecule has 0 spiro atoms. The van der Waals surface area contributed by atoms with E-state index >= 15 is 0 Å². The molecule has 100 valence electrons. The lowest BCUT2D eigenvalue weighted by molar-refractivity contribution is 0.333. The summed E-state index contributed by atoms with van der Waals surface area (Å²) in [5.74, 6) is 0.532. The van der Waals surface area contributed by atoms with E-state index in [1.807, 2.05) is 0 Å². The monoisotopic (exact) mass is 259 g/mol. The predicted octanol–water partition coefficient (Wildman–Crippen LogP) is 1.10. The predicted molar refractivity (Wildman–Crippen MR) is 73.3 cm³/mol. The Hall–Kier alpha value is -1.88. The number of aromatic nitrogens is 2. The molecular weight excluding hydrogens is 242 g/mol. The summed E-state index contributed by atoms with van der Waals surface area (Å²) in [6.07, 6.45) is 3.83. The van der Waals surface area contributed by atoms with Gasteiger partial charge >= 0.3 is 0 Å². The molecule has 3 rings (SSSR count). The van der Waals surface area contributed by atoms with E-state index in [0.717, 1.165) is 25.9 Å². The van der Waals surface area contributed by atoms with E-state index in [-0.39, 0.29) is 11.3 Å². The Morgan fingerprint density at radius 3 is 3.16 bits per heavy atom. The molecule has 1 fully saturated rings. The van der Waals surface area contributed by atoms with Crippen molar-refractivity contribution in [2.24, 2.45) is 5.92 Å². The van der Waals surface area contributed by atoms with Crippen LogP contribution in [0, 0.1) is 5.92 Å². The number of phenols is 1. The van der Waals surface area contributed by atoms with E-state index in [1.54, 1.807) is 29.1 Å². The number of aromatic hydroxyl groups is 1. The zero-order chi connectivity index (χ0) is 13.2. The van der Waals surface area contributed by atoms with Crippen LogP contribution in [0.5, 0.6) is 5.75 Å². The first kappa shape index (κ1) is 12.2. The number of piperidine rings is 1. The average Bonchev–Trinajstić information content (AvgIpc) is 2.44. The van der Waals surface area contributed by atoms with E-state index in [1.165, 1.54) is 0 Å². The highest BCUT2D eigenvalue weighted by Gasteiger charge is 2.15. The maximum atomic E-state index is 12.3. The number of nitrogens with zero attached hydrogens (tertiary/aromatic N) is 2. The molecule has 0 saturated carbocycles. The number of fused-ring (bicyclic) bond motifs is 1. The van der Waals surface area contributed by atoms with E-state index in [4.69, 9.17) is 0 Å². The van der Waals surface area contributed by atoms with Crippen molar-refractivity contribution in [3.8, 4) is 5.75 Å². The van der Waals surface area contributed by atoms with Crippen LogP contribution in [0.4, 0.5) is 0 Å². The summed E-state index contributed by atoms with van der Waals surface area (Å²) >= 11 is 0. The molecule has 1 saturated heterocycles. The first-order chi connectivity index (χ1) is 9.25. The molecule has 1 aromatic heterocycles. The molecular formula is C14H17N3O2. The second-order valence-electron chi connectivity index (χ2n) is 5.09. The van der Waals surface area contributed by atoms with Gasteiger partial charge in [0.25, 0.3) is 5.56 Å². The van der Waals surface area contributed by atoms with Crippen molar-refractivity contribution >= 4 is 10.9 Å². The highest BCUT2D eigenvalue weighted by Crippen LogP contribution is 2.19. The summed E-state index contributed by atoms with van der Waals surface area (Å²) in [7, 11) is 0. The second-order valence-corrected chi connectivity index (χ2v) is 5.09. The van der Waals surface area contributed by atoms with Gasteiger partial charge in [0.15, 0.2) is 0 Å². The Bertz CT molecular complexity index is 645. The van der Waals surface area contributed by atoms with Gasteiger partial charge in [0.05, 0.1) is 11.7 Å². The summed E-state index contributed by atoms with van der Waals surface area (Å²) in [5.41, 5.74) is 0.303. The summed E-state index contributed by atoms with van der Waals surface area (Å²) < 4.78 is 1.65. The average molecular weight is 259 g/mol. The molecule has 19 heavy (non-hydrogen) atoms. The van der Waals surface area contributed by atoms with Crippen LogP contribution in [-0.4, -0.2) is 27.7 Å². The van der Waals surface area contributed by atoms with Crippen molar-refractivity contribution in [2.45, 2.75) is 19.4 Å². The van der Waals surface area contributed by atoms with Gasteiger partial charge in [-0.1, -0.05) is 6.07 Å². The van der Waals surface area contributed by atoms with Crippen LogP contribution >= 0.6 is 0 Å². The molecule has 0 bridgehead atoms. The maximum absolute atomic E-state index is 12.3. The molecule has 0 amide bonds. The van der Waals surface area contributed by atoms with Crippen molar-refractivity contribution in [3.05, 3.63) is 34.9 Å². The van der Waals surface area contributed by atoms with E-state index in [9.17, 15) is 9.90 Å². The third-order valence-electron chi connectivity index (χ3n) is 3.69. The maximum Gasteiger partial charge on any atom is 0.261 e. The van der Waals surface area contributed by atoms with Gasteiger partial charge in [-0.15, -0.1) is 0 Å². The lowest BCUT2D eigenvalue weighted by Gasteiger charge is -2.23. The van der Waals surface area contributed by atoms with Crippen LogP contribution < -0.4 is 10.9 Å². The van der Waals surface area contributed by atoms with Crippen LogP contribution in [0.1, 0.15) is 12.8 Å². The minimum absolute atomic E-state index is 0.0566. The molecule has 1 aliphatic heterocycles. The summed E-state index contributed by atoms with van der Waals surface area (Å²) in [6, 6.07) is 4.93. The highest BCUT2D eigenvalue weighted by molar-refractivity contribution is 5.82. The highest BCUT2D eigenvalue weighted by atomic mass is 16.3. The minimum atomic E-state index is -0.0773. The van der Waals surface area contributed by atoms with Gasteiger partial charge in [0.1, 0.15) is 11.3 Å². The zero-order valence-corrected chi connectivity index (χ0v) is 10.7. The topological polar surface area (TPSA) is 67.1 Å². The molecule has 2 aromatic rings. The van der Waals surface area contributed by atoms with E-state index in [0.29, 0.717) is 23.4 Å². The standard InChI is InChI=1S/C14H17N3O2/c18-12-5-1-4-11-13(12)16-9-17(14(11)19)8-10-3-2-6-15-7-10/h1,4-5,9-10,15,18H,2-3,6-8H2. The van der Waals surface area contributed by atoms with Gasteiger partial charge in [-0.25, -0.2) is 4.98 Å². The minimum Gasteiger partial charge on any atom is -0.506 e. The number of nitrogens with one attached hydrogen (secondary N) is 1. The molecule has 0 radical (unpaired) electrons. The van der Waals surface area contributed by atoms with Gasteiger partial charge in [-0.05, 0) is 44.0 Å². The number of para-hydroxylation sites is 1. The number of rotatable bonds is 2. The summed E-state index contributed by atoms with van der Waals surface area (Å²) in [4.78, 5) is 16.5. The molecule has 0 aliphatic carbocycles. The SMILES string of the molecule is O=c1c2cccc(O)c2ncn1CC1CCCNC1. The number of benzene rings is 1. The summed E-state index contributed by atoms with van der Waals surface area (Å²) in [6.45, 7) is 2.70. The van der Waals surface area contributed by atoms with Crippen LogP contribution in [0.25, 0.3) is 10.9 Å². The van der Waals surface area contributed by atoms with E-state index in [2.05, 4.69) is 10.3 Å². The second kappa shape index (κ2) is 5.01. The third-order valence-corrected chi connectivity index (χ3v) is 3.69. The van der Waals surface area contributed by atoms with E-state index < -0.39 is 0 Å². The normalized spacial score (nSPS) is 19.7. The molecule has 2 heterocycles. The van der Waals surface area contributed by atoms with Crippen molar-refractivity contribution in [3.63, 3.8) is 0 Å². The number of hydrogen-bond donors (Lipinski definition) is 2. The van der Waals surface area contributed by atoms with Gasteiger partial charge in [0.2, 0.25) is 0 Å². The molecule has 1 aromatic carbocycles. The number of hydrogen-bond acceptors (Lipinski definition) is 4. The van der Waals surface area contributed by atoms with Crippen LogP contribution in [0.2, 0.25) is 0 Å². The Morgan fingerprint density at radius 2 is 2.37 bits per heavy atom. The first-order valence-electron chi connectivity index (χ1n) is 6.63. The van der Waals surface area contributed by atoms with Gasteiger partial charge < -0.3 is 10.4 Å². The lowest BCUT2D eigenvalue weighted by Crippen LogP contribution is -2.34. The molecule has 2 N–H and O–H groups in total. The smallest absolute Gasteiger partial charge is 0.261 e. The third kappa shape index (κ3) is 2.33. The number of phenolic OH excluding ortho intramolecular Hbond substituents is 1. The lowest BCUT2D eigenvalue weighted by atomic mass is 10.00. The molecule has 1 atom stereocenters. The van der Waals surface area contributed by atoms with Crippen LogP contribution in [-0.2, 0) is 6.54 Å². The van der Waals surface area contributed by atoms with Crippen molar-refractivity contribution in [2.75, 3.05) is 13.1 Å². The van der Waals surface area contributed by atoms with Crippen LogP contribution in [0.15, 0.2) is 29.3 Å². The van der Waals surface area contributed by atoms with Gasteiger partial charge in [-0.3, -0.25) is 9.36 Å². The Kier molecular flexibility index (Phi) is 3.21. The summed E-state index contributed by atoms with van der Waals surface area (Å²) in [5, 5.41) is 13.5. The van der Waals surface area contributed by atoms with Crippen molar-refractivity contribution < 1.29 is 5.11 Å². The Morgan fingerprint density at radius 1 is 1.47 bits per heavy atom.